The lowest BCUT2D eigenvalue weighted by atomic mass is 10.1. The van der Waals surface area contributed by atoms with Gasteiger partial charge >= 0.3 is 0 Å². The summed E-state index contributed by atoms with van der Waals surface area (Å²) in [5, 5.41) is 17.5. The fraction of sp³-hybridized carbons (Fsp3) is 0.462. The first kappa shape index (κ1) is 13.7. The molecule has 0 radical (unpaired) electrons. The molecule has 3 nitrogen and oxygen atoms in total. The van der Waals surface area contributed by atoms with Gasteiger partial charge in [0.2, 0.25) is 0 Å². The Bertz CT molecular complexity index is 453. The Labute approximate surface area is 116 Å². The summed E-state index contributed by atoms with van der Waals surface area (Å²) < 4.78 is 0. The van der Waals surface area contributed by atoms with Gasteiger partial charge in [-0.25, -0.2) is 4.98 Å². The van der Waals surface area contributed by atoms with Gasteiger partial charge in [0.1, 0.15) is 5.01 Å². The number of thiophene rings is 1. The second kappa shape index (κ2) is 6.99. The van der Waals surface area contributed by atoms with E-state index in [1.165, 1.54) is 10.4 Å². The van der Waals surface area contributed by atoms with E-state index in [4.69, 9.17) is 5.11 Å². The molecule has 0 saturated heterocycles. The van der Waals surface area contributed by atoms with Gasteiger partial charge < -0.3 is 10.4 Å². The van der Waals surface area contributed by atoms with E-state index in [0.717, 1.165) is 24.5 Å². The number of thiazole rings is 1. The third-order valence-corrected chi connectivity index (χ3v) is 4.47. The average molecular weight is 282 g/mol. The first-order valence-corrected chi connectivity index (χ1v) is 7.84. The van der Waals surface area contributed by atoms with Crippen molar-refractivity contribution in [2.45, 2.75) is 19.9 Å². The number of rotatable bonds is 7. The van der Waals surface area contributed by atoms with Crippen molar-refractivity contribution >= 4 is 22.7 Å². The smallest absolute Gasteiger partial charge is 0.124 e. The van der Waals surface area contributed by atoms with E-state index in [2.05, 4.69) is 34.1 Å². The molecule has 2 heterocycles. The van der Waals surface area contributed by atoms with Crippen LogP contribution in [0.2, 0.25) is 0 Å². The van der Waals surface area contributed by atoms with Crippen molar-refractivity contribution in [3.8, 4) is 10.6 Å². The number of hydrogen-bond acceptors (Lipinski definition) is 5. The van der Waals surface area contributed by atoms with Gasteiger partial charge in [-0.1, -0.05) is 6.92 Å². The van der Waals surface area contributed by atoms with Gasteiger partial charge in [-0.3, -0.25) is 0 Å². The van der Waals surface area contributed by atoms with Crippen LogP contribution in [-0.2, 0) is 6.54 Å². The van der Waals surface area contributed by atoms with Crippen LogP contribution in [0.3, 0.4) is 0 Å². The zero-order valence-electron chi connectivity index (χ0n) is 10.4. The van der Waals surface area contributed by atoms with Crippen LogP contribution >= 0.6 is 22.7 Å². The molecule has 0 saturated carbocycles. The molecule has 0 amide bonds. The van der Waals surface area contributed by atoms with Gasteiger partial charge in [0.05, 0.1) is 0 Å². The van der Waals surface area contributed by atoms with Crippen LogP contribution in [0.1, 0.15) is 18.2 Å². The molecule has 1 unspecified atom stereocenters. The second-order valence-corrected chi connectivity index (χ2v) is 6.29. The predicted octanol–water partition coefficient (Wildman–Crippen LogP) is 2.98. The van der Waals surface area contributed by atoms with Gasteiger partial charge in [0.25, 0.3) is 0 Å². The third kappa shape index (κ3) is 3.88. The quantitative estimate of drug-likeness (QED) is 0.820. The molecule has 1 atom stereocenters. The highest BCUT2D eigenvalue weighted by Gasteiger charge is 2.05. The molecule has 2 aromatic rings. The minimum Gasteiger partial charge on any atom is -0.396 e. The minimum atomic E-state index is 0.270. The normalized spacial score (nSPS) is 12.8. The maximum Gasteiger partial charge on any atom is 0.124 e. The van der Waals surface area contributed by atoms with Gasteiger partial charge in [-0.05, 0) is 30.3 Å². The van der Waals surface area contributed by atoms with Crippen molar-refractivity contribution in [3.63, 3.8) is 0 Å². The molecule has 5 heteroatoms. The largest absolute Gasteiger partial charge is 0.396 e. The van der Waals surface area contributed by atoms with Crippen molar-refractivity contribution in [2.24, 2.45) is 5.92 Å². The number of aliphatic hydroxyl groups excluding tert-OH is 1. The van der Waals surface area contributed by atoms with Crippen molar-refractivity contribution in [1.82, 2.24) is 10.3 Å². The first-order chi connectivity index (χ1) is 8.79. The lowest BCUT2D eigenvalue weighted by Gasteiger charge is -2.09. The highest BCUT2D eigenvalue weighted by molar-refractivity contribution is 7.15. The highest BCUT2D eigenvalue weighted by atomic mass is 32.1. The van der Waals surface area contributed by atoms with E-state index in [1.807, 2.05) is 6.20 Å². The SMILES string of the molecule is CC(CCO)CNCc1cnc(-c2ccsc2)s1. The monoisotopic (exact) mass is 282 g/mol. The molecule has 2 aromatic heterocycles. The summed E-state index contributed by atoms with van der Waals surface area (Å²) in [6.45, 7) is 4.21. The zero-order valence-corrected chi connectivity index (χ0v) is 12.1. The Balaban J connectivity index is 1.81. The number of aromatic nitrogens is 1. The van der Waals surface area contributed by atoms with Crippen LogP contribution in [0, 0.1) is 5.92 Å². The first-order valence-electron chi connectivity index (χ1n) is 6.08. The molecule has 0 aliphatic rings. The van der Waals surface area contributed by atoms with Crippen molar-refractivity contribution in [1.29, 1.82) is 0 Å². The van der Waals surface area contributed by atoms with E-state index in [0.29, 0.717) is 5.92 Å². The van der Waals surface area contributed by atoms with Crippen molar-refractivity contribution < 1.29 is 5.11 Å². The number of hydrogen-bond donors (Lipinski definition) is 2. The summed E-state index contributed by atoms with van der Waals surface area (Å²) in [7, 11) is 0. The van der Waals surface area contributed by atoms with Gasteiger partial charge in [0, 0.05) is 35.2 Å². The molecule has 0 fully saturated rings. The summed E-state index contributed by atoms with van der Waals surface area (Å²) in [6, 6.07) is 2.10. The van der Waals surface area contributed by atoms with E-state index in [-0.39, 0.29) is 6.61 Å². The van der Waals surface area contributed by atoms with Crippen LogP contribution < -0.4 is 5.32 Å². The maximum atomic E-state index is 8.83. The topological polar surface area (TPSA) is 45.1 Å². The minimum absolute atomic E-state index is 0.270. The molecule has 0 aromatic carbocycles. The summed E-state index contributed by atoms with van der Waals surface area (Å²) in [5.41, 5.74) is 1.21. The predicted molar refractivity (Wildman–Crippen MR) is 78.0 cm³/mol. The van der Waals surface area contributed by atoms with Crippen molar-refractivity contribution in [2.75, 3.05) is 13.2 Å². The second-order valence-electron chi connectivity index (χ2n) is 4.39. The molecular weight excluding hydrogens is 264 g/mol. The molecule has 2 rings (SSSR count). The van der Waals surface area contributed by atoms with Gasteiger partial charge in [-0.15, -0.1) is 11.3 Å². The molecule has 2 N–H and O–H groups in total. The van der Waals surface area contributed by atoms with Crippen LogP contribution in [0.5, 0.6) is 0 Å². The number of aliphatic hydroxyl groups is 1. The molecule has 0 aliphatic carbocycles. The lowest BCUT2D eigenvalue weighted by Crippen LogP contribution is -2.20. The molecule has 0 spiro atoms. The molecule has 18 heavy (non-hydrogen) atoms. The van der Waals surface area contributed by atoms with E-state index in [9.17, 15) is 0 Å². The standard InChI is InChI=1S/C13H18N2OS2/c1-10(2-4-16)6-14-7-12-8-15-13(18-12)11-3-5-17-9-11/h3,5,8-10,14,16H,2,4,6-7H2,1H3. The van der Waals surface area contributed by atoms with E-state index < -0.39 is 0 Å². The van der Waals surface area contributed by atoms with Crippen molar-refractivity contribution in [3.05, 3.63) is 27.9 Å². The van der Waals surface area contributed by atoms with Crippen LogP contribution in [0.4, 0.5) is 0 Å². The summed E-state index contributed by atoms with van der Waals surface area (Å²) >= 11 is 3.44. The zero-order chi connectivity index (χ0) is 12.8. The summed E-state index contributed by atoms with van der Waals surface area (Å²) in [4.78, 5) is 5.69. The van der Waals surface area contributed by atoms with Gasteiger partial charge in [0.15, 0.2) is 0 Å². The Morgan fingerprint density at radius 2 is 2.39 bits per heavy atom. The summed E-state index contributed by atoms with van der Waals surface area (Å²) in [5.74, 6) is 0.513. The summed E-state index contributed by atoms with van der Waals surface area (Å²) in [6.07, 6.45) is 2.80. The lowest BCUT2D eigenvalue weighted by molar-refractivity contribution is 0.260. The van der Waals surface area contributed by atoms with Gasteiger partial charge in [-0.2, -0.15) is 11.3 Å². The van der Waals surface area contributed by atoms with Crippen LogP contribution in [-0.4, -0.2) is 23.2 Å². The fourth-order valence-electron chi connectivity index (χ4n) is 1.67. The molecule has 0 bridgehead atoms. The molecular formula is C13H18N2OS2. The third-order valence-electron chi connectivity index (χ3n) is 2.74. The van der Waals surface area contributed by atoms with Crippen LogP contribution in [0.25, 0.3) is 10.6 Å². The molecule has 98 valence electrons. The van der Waals surface area contributed by atoms with Crippen LogP contribution in [0.15, 0.2) is 23.0 Å². The highest BCUT2D eigenvalue weighted by Crippen LogP contribution is 2.26. The Hall–Kier alpha value is -0.750. The fourth-order valence-corrected chi connectivity index (χ4v) is 3.27. The van der Waals surface area contributed by atoms with E-state index in [1.54, 1.807) is 22.7 Å². The Morgan fingerprint density at radius 3 is 3.11 bits per heavy atom. The number of nitrogens with one attached hydrogen (secondary N) is 1. The molecule has 0 aliphatic heterocycles. The Kier molecular flexibility index (Phi) is 5.31. The Morgan fingerprint density at radius 1 is 1.50 bits per heavy atom. The average Bonchev–Trinajstić information content (AvgIpc) is 2.99. The van der Waals surface area contributed by atoms with E-state index >= 15 is 0 Å². The maximum absolute atomic E-state index is 8.83. The number of nitrogens with zero attached hydrogens (tertiary/aromatic N) is 1.